The van der Waals surface area contributed by atoms with Crippen molar-refractivity contribution < 1.29 is 9.15 Å². The highest BCUT2D eigenvalue weighted by atomic mass is 32.2. The minimum Gasteiger partial charge on any atom is -0.497 e. The summed E-state index contributed by atoms with van der Waals surface area (Å²) in [7, 11) is 1.63. The Kier molecular flexibility index (Phi) is 6.38. The summed E-state index contributed by atoms with van der Waals surface area (Å²) in [6.07, 6.45) is 3.46. The third-order valence-corrected chi connectivity index (χ3v) is 5.47. The van der Waals surface area contributed by atoms with Crippen molar-refractivity contribution in [3.8, 4) is 22.9 Å². The highest BCUT2D eigenvalue weighted by Gasteiger charge is 2.13. The molecule has 8 nitrogen and oxygen atoms in total. The molecule has 0 amide bonds. The fourth-order valence-corrected chi connectivity index (χ4v) is 3.63. The van der Waals surface area contributed by atoms with Crippen LogP contribution in [0.25, 0.3) is 17.1 Å². The summed E-state index contributed by atoms with van der Waals surface area (Å²) in [4.78, 5) is 0. The molecule has 0 unspecified atom stereocenters. The van der Waals surface area contributed by atoms with Crippen LogP contribution in [0.4, 0.5) is 0 Å². The van der Waals surface area contributed by atoms with Crippen LogP contribution in [0, 0.1) is 0 Å². The molecule has 9 heteroatoms. The molecule has 0 N–H and O–H groups in total. The minimum absolute atomic E-state index is 0.468. The number of nitrogens with zero attached hydrogens (tertiary/aromatic N) is 6. The summed E-state index contributed by atoms with van der Waals surface area (Å²) in [5, 5.41) is 21.0. The van der Waals surface area contributed by atoms with Crippen LogP contribution in [0.1, 0.15) is 31.2 Å². The fraction of sp³-hybridized carbons (Fsp3) is 0.286. The zero-order chi connectivity index (χ0) is 20.8. The Labute approximate surface area is 178 Å². The molecule has 0 fully saturated rings. The Morgan fingerprint density at radius 3 is 2.53 bits per heavy atom. The number of hydrogen-bond acceptors (Lipinski definition) is 8. The standard InChI is InChI=1S/C21H22N6O2S/c1-3-4-5-15-6-10-17(11-7-15)27-21(24-25-26-27)30-14-19-22-23-20(29-19)16-8-12-18(28-2)13-9-16/h6-13H,3-5,14H2,1-2H3. The molecule has 30 heavy (non-hydrogen) atoms. The molecular formula is C21H22N6O2S. The van der Waals surface area contributed by atoms with Gasteiger partial charge in [-0.15, -0.1) is 15.3 Å². The molecule has 0 saturated carbocycles. The van der Waals surface area contributed by atoms with Crippen LogP contribution in [0.15, 0.2) is 58.1 Å². The topological polar surface area (TPSA) is 91.8 Å². The molecule has 0 aliphatic carbocycles. The van der Waals surface area contributed by atoms with E-state index in [2.05, 4.69) is 44.8 Å². The second kappa shape index (κ2) is 9.53. The summed E-state index contributed by atoms with van der Waals surface area (Å²) < 4.78 is 12.7. The van der Waals surface area contributed by atoms with Gasteiger partial charge in [-0.1, -0.05) is 37.2 Å². The van der Waals surface area contributed by atoms with Crippen LogP contribution in [0.2, 0.25) is 0 Å². The molecular weight excluding hydrogens is 400 g/mol. The van der Waals surface area contributed by atoms with Gasteiger partial charge in [0.15, 0.2) is 0 Å². The van der Waals surface area contributed by atoms with Gasteiger partial charge < -0.3 is 9.15 Å². The van der Waals surface area contributed by atoms with Gasteiger partial charge in [-0.05, 0) is 65.2 Å². The average molecular weight is 423 g/mol. The molecule has 0 radical (unpaired) electrons. The largest absolute Gasteiger partial charge is 0.497 e. The molecule has 0 saturated heterocycles. The third kappa shape index (κ3) is 4.68. The van der Waals surface area contributed by atoms with E-state index in [9.17, 15) is 0 Å². The average Bonchev–Trinajstić information content (AvgIpc) is 3.46. The fourth-order valence-electron chi connectivity index (χ4n) is 2.90. The van der Waals surface area contributed by atoms with Crippen LogP contribution in [-0.4, -0.2) is 37.5 Å². The Hall–Kier alpha value is -3.20. The number of aromatic nitrogens is 6. The van der Waals surface area contributed by atoms with E-state index in [1.807, 2.05) is 36.4 Å². The monoisotopic (exact) mass is 422 g/mol. The van der Waals surface area contributed by atoms with E-state index in [-0.39, 0.29) is 0 Å². The lowest BCUT2D eigenvalue weighted by Crippen LogP contribution is -1.99. The maximum absolute atomic E-state index is 5.78. The second-order valence-electron chi connectivity index (χ2n) is 6.66. The first-order chi connectivity index (χ1) is 14.8. The van der Waals surface area contributed by atoms with Crippen molar-refractivity contribution in [3.63, 3.8) is 0 Å². The number of unbranched alkanes of at least 4 members (excludes halogenated alkanes) is 1. The first kappa shape index (κ1) is 20.1. The van der Waals surface area contributed by atoms with E-state index in [4.69, 9.17) is 9.15 Å². The van der Waals surface area contributed by atoms with Gasteiger partial charge in [0.05, 0.1) is 18.6 Å². The zero-order valence-corrected chi connectivity index (χ0v) is 17.7. The number of rotatable bonds is 9. The minimum atomic E-state index is 0.468. The number of ether oxygens (including phenoxy) is 1. The van der Waals surface area contributed by atoms with E-state index >= 15 is 0 Å². The number of tetrazole rings is 1. The number of benzene rings is 2. The molecule has 0 spiro atoms. The van der Waals surface area contributed by atoms with Gasteiger partial charge in [0.1, 0.15) is 5.75 Å². The molecule has 0 aliphatic rings. The van der Waals surface area contributed by atoms with E-state index in [0.29, 0.717) is 22.7 Å². The van der Waals surface area contributed by atoms with Gasteiger partial charge in [0.2, 0.25) is 16.9 Å². The summed E-state index contributed by atoms with van der Waals surface area (Å²) >= 11 is 1.44. The van der Waals surface area contributed by atoms with Crippen molar-refractivity contribution in [2.24, 2.45) is 0 Å². The Balaban J connectivity index is 1.42. The molecule has 4 aromatic rings. The molecule has 2 aromatic carbocycles. The van der Waals surface area contributed by atoms with Gasteiger partial charge in [-0.2, -0.15) is 4.68 Å². The van der Waals surface area contributed by atoms with Crippen molar-refractivity contribution >= 4 is 11.8 Å². The summed E-state index contributed by atoms with van der Waals surface area (Å²) in [5.74, 6) is 2.23. The first-order valence-corrected chi connectivity index (χ1v) is 10.7. The van der Waals surface area contributed by atoms with Crippen molar-refractivity contribution in [3.05, 3.63) is 60.0 Å². The molecule has 154 valence electrons. The van der Waals surface area contributed by atoms with Gasteiger partial charge in [-0.25, -0.2) is 0 Å². The molecule has 0 atom stereocenters. The Morgan fingerprint density at radius 1 is 1.00 bits per heavy atom. The first-order valence-electron chi connectivity index (χ1n) is 9.74. The molecule has 4 rings (SSSR count). The van der Waals surface area contributed by atoms with Crippen molar-refractivity contribution in [2.75, 3.05) is 7.11 Å². The highest BCUT2D eigenvalue weighted by molar-refractivity contribution is 7.98. The van der Waals surface area contributed by atoms with E-state index in [0.717, 1.165) is 23.4 Å². The van der Waals surface area contributed by atoms with Crippen LogP contribution in [-0.2, 0) is 12.2 Å². The van der Waals surface area contributed by atoms with Gasteiger partial charge >= 0.3 is 0 Å². The predicted molar refractivity (Wildman–Crippen MR) is 114 cm³/mol. The molecule has 0 aliphatic heterocycles. The molecule has 0 bridgehead atoms. The lowest BCUT2D eigenvalue weighted by molar-refractivity contribution is 0.415. The normalized spacial score (nSPS) is 11.0. The van der Waals surface area contributed by atoms with Crippen LogP contribution < -0.4 is 4.74 Å². The SMILES string of the molecule is CCCCc1ccc(-n2nnnc2SCc2nnc(-c3ccc(OC)cc3)o2)cc1. The predicted octanol–water partition coefficient (Wildman–Crippen LogP) is 4.36. The van der Waals surface area contributed by atoms with E-state index in [1.54, 1.807) is 11.8 Å². The van der Waals surface area contributed by atoms with E-state index in [1.165, 1.54) is 30.2 Å². The van der Waals surface area contributed by atoms with Crippen LogP contribution in [0.5, 0.6) is 5.75 Å². The summed E-state index contributed by atoms with van der Waals surface area (Å²) in [6.45, 7) is 2.20. The van der Waals surface area contributed by atoms with Crippen molar-refractivity contribution in [2.45, 2.75) is 37.1 Å². The maximum atomic E-state index is 5.78. The quantitative estimate of drug-likeness (QED) is 0.368. The number of methoxy groups -OCH3 is 1. The number of hydrogen-bond donors (Lipinski definition) is 0. The van der Waals surface area contributed by atoms with E-state index < -0.39 is 0 Å². The van der Waals surface area contributed by atoms with Crippen molar-refractivity contribution in [1.82, 2.24) is 30.4 Å². The lowest BCUT2D eigenvalue weighted by atomic mass is 10.1. The number of thioether (sulfide) groups is 1. The van der Waals surface area contributed by atoms with Gasteiger partial charge in [0, 0.05) is 5.56 Å². The lowest BCUT2D eigenvalue weighted by Gasteiger charge is -2.05. The summed E-state index contributed by atoms with van der Waals surface area (Å²) in [5.41, 5.74) is 3.08. The second-order valence-corrected chi connectivity index (χ2v) is 7.60. The van der Waals surface area contributed by atoms with Gasteiger partial charge in [0.25, 0.3) is 0 Å². The van der Waals surface area contributed by atoms with Crippen LogP contribution in [0.3, 0.4) is 0 Å². The molecule has 2 heterocycles. The van der Waals surface area contributed by atoms with Crippen molar-refractivity contribution in [1.29, 1.82) is 0 Å². The smallest absolute Gasteiger partial charge is 0.247 e. The third-order valence-electron chi connectivity index (χ3n) is 4.57. The van der Waals surface area contributed by atoms with Crippen LogP contribution >= 0.6 is 11.8 Å². The maximum Gasteiger partial charge on any atom is 0.247 e. The van der Waals surface area contributed by atoms with Gasteiger partial charge in [-0.3, -0.25) is 0 Å². The number of aryl methyl sites for hydroxylation is 1. The Bertz CT molecular complexity index is 1080. The molecule has 2 aromatic heterocycles. The Morgan fingerprint density at radius 2 is 1.80 bits per heavy atom. The highest BCUT2D eigenvalue weighted by Crippen LogP contribution is 2.25. The zero-order valence-electron chi connectivity index (χ0n) is 16.9. The summed E-state index contributed by atoms with van der Waals surface area (Å²) in [6, 6.07) is 15.8.